The Morgan fingerprint density at radius 3 is 3.11 bits per heavy atom. The number of ether oxygens (including phenoxy) is 1. The minimum Gasteiger partial charge on any atom is -0.472 e. The zero-order valence-electron chi connectivity index (χ0n) is 9.91. The van der Waals surface area contributed by atoms with E-state index < -0.39 is 0 Å². The molecule has 0 N–H and O–H groups in total. The number of nitriles is 1. The monoisotopic (exact) mass is 267 g/mol. The molecule has 19 heavy (non-hydrogen) atoms. The van der Waals surface area contributed by atoms with Crippen LogP contribution in [0.4, 0.5) is 0 Å². The Hall–Kier alpha value is -2.45. The van der Waals surface area contributed by atoms with Crippen molar-refractivity contribution in [3.05, 3.63) is 53.2 Å². The third-order valence-electron chi connectivity index (χ3n) is 2.66. The van der Waals surface area contributed by atoms with E-state index in [2.05, 4.69) is 16.0 Å². The molecule has 92 valence electrons. The van der Waals surface area contributed by atoms with Gasteiger partial charge in [-0.1, -0.05) is 12.1 Å². The average Bonchev–Trinajstić information content (AvgIpc) is 2.94. The molecule has 5 heteroatoms. The Labute approximate surface area is 113 Å². The van der Waals surface area contributed by atoms with Crippen LogP contribution >= 0.6 is 11.3 Å². The predicted octanol–water partition coefficient (Wildman–Crippen LogP) is 3.14. The highest BCUT2D eigenvalue weighted by molar-refractivity contribution is 7.16. The number of aromatic nitrogens is 2. The fourth-order valence-electron chi connectivity index (χ4n) is 1.76. The van der Waals surface area contributed by atoms with E-state index in [0.29, 0.717) is 18.1 Å². The van der Waals surface area contributed by atoms with Crippen LogP contribution < -0.4 is 4.74 Å². The van der Waals surface area contributed by atoms with Crippen molar-refractivity contribution in [2.24, 2.45) is 0 Å². The minimum atomic E-state index is 0.386. The summed E-state index contributed by atoms with van der Waals surface area (Å²) in [6.45, 7) is 0.386. The maximum Gasteiger partial charge on any atom is 0.225 e. The van der Waals surface area contributed by atoms with Crippen LogP contribution in [0.25, 0.3) is 10.2 Å². The van der Waals surface area contributed by atoms with Gasteiger partial charge in [0.2, 0.25) is 5.88 Å². The molecule has 0 saturated carbocycles. The first-order chi connectivity index (χ1) is 9.36. The molecule has 0 atom stereocenters. The van der Waals surface area contributed by atoms with Crippen molar-refractivity contribution in [3.63, 3.8) is 0 Å². The summed E-state index contributed by atoms with van der Waals surface area (Å²) in [6.07, 6.45) is 1.50. The van der Waals surface area contributed by atoms with E-state index >= 15 is 0 Å². The molecule has 0 bridgehead atoms. The van der Waals surface area contributed by atoms with Crippen LogP contribution in [0.5, 0.6) is 5.88 Å². The van der Waals surface area contributed by atoms with Gasteiger partial charge >= 0.3 is 0 Å². The Morgan fingerprint density at radius 2 is 2.21 bits per heavy atom. The lowest BCUT2D eigenvalue weighted by molar-refractivity contribution is 0.297. The molecular weight excluding hydrogens is 258 g/mol. The van der Waals surface area contributed by atoms with Crippen LogP contribution in [0.15, 0.2) is 42.0 Å². The summed E-state index contributed by atoms with van der Waals surface area (Å²) in [7, 11) is 0. The van der Waals surface area contributed by atoms with Crippen LogP contribution in [0, 0.1) is 11.3 Å². The number of benzene rings is 1. The molecule has 3 rings (SSSR count). The molecule has 0 saturated heterocycles. The van der Waals surface area contributed by atoms with Crippen LogP contribution in [0.3, 0.4) is 0 Å². The second kappa shape index (κ2) is 5.04. The first-order valence-corrected chi connectivity index (χ1v) is 6.55. The third kappa shape index (κ3) is 2.39. The number of fused-ring (bicyclic) bond motifs is 1. The highest BCUT2D eigenvalue weighted by Gasteiger charge is 2.06. The Kier molecular flexibility index (Phi) is 3.09. The van der Waals surface area contributed by atoms with Crippen LogP contribution in [-0.2, 0) is 6.61 Å². The number of hydrogen-bond acceptors (Lipinski definition) is 5. The highest BCUT2D eigenvalue weighted by Crippen LogP contribution is 2.26. The van der Waals surface area contributed by atoms with Crippen molar-refractivity contribution < 1.29 is 4.74 Å². The van der Waals surface area contributed by atoms with Gasteiger partial charge in [-0.3, -0.25) is 0 Å². The molecule has 0 fully saturated rings. The lowest BCUT2D eigenvalue weighted by Crippen LogP contribution is -1.98. The first-order valence-electron chi connectivity index (χ1n) is 5.67. The molecule has 0 amide bonds. The molecule has 0 aliphatic carbocycles. The van der Waals surface area contributed by atoms with Gasteiger partial charge in [0.25, 0.3) is 0 Å². The van der Waals surface area contributed by atoms with Gasteiger partial charge < -0.3 is 4.74 Å². The summed E-state index contributed by atoms with van der Waals surface area (Å²) in [5.74, 6) is 0.577. The van der Waals surface area contributed by atoms with Gasteiger partial charge in [0.05, 0.1) is 17.0 Å². The normalized spacial score (nSPS) is 10.3. The van der Waals surface area contributed by atoms with Gasteiger partial charge in [0.15, 0.2) is 0 Å². The molecule has 2 heterocycles. The molecule has 3 aromatic rings. The van der Waals surface area contributed by atoms with Crippen molar-refractivity contribution in [2.75, 3.05) is 0 Å². The van der Waals surface area contributed by atoms with Crippen molar-refractivity contribution >= 4 is 21.6 Å². The summed E-state index contributed by atoms with van der Waals surface area (Å²) < 4.78 is 5.71. The molecule has 1 aromatic carbocycles. The quantitative estimate of drug-likeness (QED) is 0.731. The molecular formula is C14H9N3OS. The summed E-state index contributed by atoms with van der Waals surface area (Å²) in [6, 6.07) is 11.4. The van der Waals surface area contributed by atoms with E-state index in [9.17, 15) is 0 Å². The second-order valence-corrected chi connectivity index (χ2v) is 4.81. The molecule has 0 aliphatic heterocycles. The lowest BCUT2D eigenvalue weighted by atomic mass is 10.1. The molecule has 0 unspecified atom stereocenters. The standard InChI is InChI=1S/C14H9N3OS/c15-7-10-2-1-3-11(6-10)8-18-13-12-4-5-19-14(12)17-9-16-13/h1-6,9H,8H2. The van der Waals surface area contributed by atoms with Crippen molar-refractivity contribution in [1.29, 1.82) is 5.26 Å². The largest absolute Gasteiger partial charge is 0.472 e. The fourth-order valence-corrected chi connectivity index (χ4v) is 2.49. The van der Waals surface area contributed by atoms with E-state index in [4.69, 9.17) is 10.00 Å². The van der Waals surface area contributed by atoms with Gasteiger partial charge in [0.1, 0.15) is 17.8 Å². The van der Waals surface area contributed by atoms with E-state index in [1.54, 1.807) is 17.4 Å². The molecule has 2 aromatic heterocycles. The first kappa shape index (κ1) is 11.6. The van der Waals surface area contributed by atoms with Gasteiger partial charge in [0, 0.05) is 0 Å². The number of thiophene rings is 1. The van der Waals surface area contributed by atoms with Crippen LogP contribution in [0.1, 0.15) is 11.1 Å². The summed E-state index contributed by atoms with van der Waals surface area (Å²) >= 11 is 1.56. The Morgan fingerprint density at radius 1 is 1.26 bits per heavy atom. The lowest BCUT2D eigenvalue weighted by Gasteiger charge is -2.06. The maximum atomic E-state index is 8.85. The average molecular weight is 267 g/mol. The Bertz CT molecular complexity index is 760. The minimum absolute atomic E-state index is 0.386. The van der Waals surface area contributed by atoms with Gasteiger partial charge in [-0.15, -0.1) is 11.3 Å². The van der Waals surface area contributed by atoms with Gasteiger partial charge in [-0.2, -0.15) is 5.26 Å². The zero-order chi connectivity index (χ0) is 13.1. The predicted molar refractivity (Wildman–Crippen MR) is 72.9 cm³/mol. The molecule has 4 nitrogen and oxygen atoms in total. The molecule has 0 aliphatic rings. The van der Waals surface area contributed by atoms with Crippen molar-refractivity contribution in [1.82, 2.24) is 9.97 Å². The van der Waals surface area contributed by atoms with E-state index in [-0.39, 0.29) is 0 Å². The Balaban J connectivity index is 1.82. The maximum absolute atomic E-state index is 8.85. The van der Waals surface area contributed by atoms with Crippen molar-refractivity contribution in [3.8, 4) is 11.9 Å². The summed E-state index contributed by atoms with van der Waals surface area (Å²) in [4.78, 5) is 9.23. The van der Waals surface area contributed by atoms with Crippen molar-refractivity contribution in [2.45, 2.75) is 6.61 Å². The smallest absolute Gasteiger partial charge is 0.225 e. The summed E-state index contributed by atoms with van der Waals surface area (Å²) in [5, 5.41) is 11.7. The highest BCUT2D eigenvalue weighted by atomic mass is 32.1. The van der Waals surface area contributed by atoms with Gasteiger partial charge in [-0.05, 0) is 29.1 Å². The van der Waals surface area contributed by atoms with Crippen LogP contribution in [0.2, 0.25) is 0 Å². The number of rotatable bonds is 3. The summed E-state index contributed by atoms with van der Waals surface area (Å²) in [5.41, 5.74) is 1.57. The van der Waals surface area contributed by atoms with E-state index in [1.165, 1.54) is 6.33 Å². The second-order valence-electron chi connectivity index (χ2n) is 3.92. The van der Waals surface area contributed by atoms with Gasteiger partial charge in [-0.25, -0.2) is 9.97 Å². The zero-order valence-corrected chi connectivity index (χ0v) is 10.7. The fraction of sp³-hybridized carbons (Fsp3) is 0.0714. The number of hydrogen-bond donors (Lipinski definition) is 0. The van der Waals surface area contributed by atoms with E-state index in [0.717, 1.165) is 15.8 Å². The molecule has 0 radical (unpaired) electrons. The third-order valence-corrected chi connectivity index (χ3v) is 3.48. The van der Waals surface area contributed by atoms with E-state index in [1.807, 2.05) is 29.6 Å². The number of nitrogens with zero attached hydrogens (tertiary/aromatic N) is 3. The topological polar surface area (TPSA) is 58.8 Å². The SMILES string of the molecule is N#Cc1cccc(COc2ncnc3sccc23)c1. The van der Waals surface area contributed by atoms with Crippen LogP contribution in [-0.4, -0.2) is 9.97 Å². The molecule has 0 spiro atoms.